The van der Waals surface area contributed by atoms with Gasteiger partial charge in [-0.15, -0.1) is 0 Å². The van der Waals surface area contributed by atoms with E-state index < -0.39 is 6.10 Å². The first-order chi connectivity index (χ1) is 35.0. The molecule has 0 aromatic carbocycles. The summed E-state index contributed by atoms with van der Waals surface area (Å²) in [5.74, 6) is -0.886. The number of carbonyl (C=O) groups is 3. The molecule has 1 unspecified atom stereocenters. The van der Waals surface area contributed by atoms with Gasteiger partial charge in [0.05, 0.1) is 0 Å². The molecule has 0 bridgehead atoms. The van der Waals surface area contributed by atoms with Gasteiger partial charge in [-0.1, -0.05) is 267 Å². The quantitative estimate of drug-likeness (QED) is 0.0261. The van der Waals surface area contributed by atoms with Crippen LogP contribution < -0.4 is 0 Å². The van der Waals surface area contributed by atoms with Gasteiger partial charge in [0.1, 0.15) is 13.2 Å². The van der Waals surface area contributed by atoms with Crippen molar-refractivity contribution in [2.24, 2.45) is 0 Å². The molecule has 0 N–H and O–H groups in total. The minimum absolute atomic E-state index is 0.0777. The third-order valence-corrected chi connectivity index (χ3v) is 13.2. The lowest BCUT2D eigenvalue weighted by Crippen LogP contribution is -2.30. The molecule has 0 radical (unpaired) electrons. The van der Waals surface area contributed by atoms with E-state index in [0.29, 0.717) is 19.3 Å². The number of carbonyl (C=O) groups excluding carboxylic acids is 3. The van der Waals surface area contributed by atoms with E-state index in [-0.39, 0.29) is 31.1 Å². The van der Waals surface area contributed by atoms with Crippen LogP contribution in [-0.4, -0.2) is 37.2 Å². The van der Waals surface area contributed by atoms with Gasteiger partial charge >= 0.3 is 17.9 Å². The molecule has 410 valence electrons. The molecule has 71 heavy (non-hydrogen) atoms. The highest BCUT2D eigenvalue weighted by molar-refractivity contribution is 5.71. The van der Waals surface area contributed by atoms with Crippen LogP contribution >= 0.6 is 0 Å². The Balaban J connectivity index is 4.09. The number of allylic oxidation sites excluding steroid dienone is 12. The molecule has 0 aromatic rings. The Morgan fingerprint density at radius 3 is 0.859 bits per heavy atom. The van der Waals surface area contributed by atoms with E-state index in [1.807, 2.05) is 0 Å². The lowest BCUT2D eigenvalue weighted by atomic mass is 10.0. The zero-order valence-corrected chi connectivity index (χ0v) is 47.0. The van der Waals surface area contributed by atoms with Crippen molar-refractivity contribution in [2.45, 2.75) is 309 Å². The fourth-order valence-corrected chi connectivity index (χ4v) is 8.64. The average Bonchev–Trinajstić information content (AvgIpc) is 3.37. The van der Waals surface area contributed by atoms with Crippen molar-refractivity contribution in [1.29, 1.82) is 0 Å². The molecule has 0 amide bonds. The second-order valence-corrected chi connectivity index (χ2v) is 20.2. The summed E-state index contributed by atoms with van der Waals surface area (Å²) in [6.45, 7) is 6.49. The maximum Gasteiger partial charge on any atom is 0.306 e. The molecule has 1 atom stereocenters. The zero-order chi connectivity index (χ0) is 51.4. The van der Waals surface area contributed by atoms with Crippen LogP contribution in [0.25, 0.3) is 0 Å². The molecule has 0 fully saturated rings. The van der Waals surface area contributed by atoms with Crippen molar-refractivity contribution in [3.8, 4) is 0 Å². The van der Waals surface area contributed by atoms with Crippen molar-refractivity contribution in [1.82, 2.24) is 0 Å². The maximum absolute atomic E-state index is 12.8. The summed E-state index contributed by atoms with van der Waals surface area (Å²) in [7, 11) is 0. The van der Waals surface area contributed by atoms with Gasteiger partial charge in [0.15, 0.2) is 6.10 Å². The van der Waals surface area contributed by atoms with E-state index >= 15 is 0 Å². The number of unbranched alkanes of at least 4 members (excludes halogenated alkanes) is 32. The molecule has 0 heterocycles. The van der Waals surface area contributed by atoms with Crippen molar-refractivity contribution in [3.63, 3.8) is 0 Å². The van der Waals surface area contributed by atoms with Crippen LogP contribution in [0.5, 0.6) is 0 Å². The zero-order valence-electron chi connectivity index (χ0n) is 47.0. The summed E-state index contributed by atoms with van der Waals surface area (Å²) in [6.07, 6.45) is 76.4. The summed E-state index contributed by atoms with van der Waals surface area (Å²) in [4.78, 5) is 38.0. The highest BCUT2D eigenvalue weighted by Crippen LogP contribution is 2.16. The first-order valence-electron chi connectivity index (χ1n) is 30.4. The Bertz CT molecular complexity index is 1320. The third-order valence-electron chi connectivity index (χ3n) is 13.2. The highest BCUT2D eigenvalue weighted by Gasteiger charge is 2.19. The first-order valence-corrected chi connectivity index (χ1v) is 30.4. The SMILES string of the molecule is CC/C=C\C/C=C\C/C=C\CCCCCCCCCC(=O)OC(COC(=O)CCCCCCCCC)COC(=O)CCCCCCCCCCCCCCCC/C=C\C/C=C\C/C=C\CCCCCCC. The van der Waals surface area contributed by atoms with E-state index in [2.05, 4.69) is 93.7 Å². The molecule has 0 saturated carbocycles. The summed E-state index contributed by atoms with van der Waals surface area (Å²) in [5.41, 5.74) is 0. The number of rotatable bonds is 55. The molecule has 0 rings (SSSR count). The Morgan fingerprint density at radius 1 is 0.296 bits per heavy atom. The summed E-state index contributed by atoms with van der Waals surface area (Å²) in [5, 5.41) is 0. The Labute approximate surface area is 440 Å². The second kappa shape index (κ2) is 59.4. The standard InChI is InChI=1S/C65H114O6/c1-4-7-10-13-16-18-20-22-24-26-27-28-29-30-31-32-33-34-35-36-37-39-40-42-44-46-49-52-55-58-64(67)70-61-62(60-69-63(66)57-54-51-48-15-12-9-6-3)71-65(68)59-56-53-50-47-45-43-41-38-25-23-21-19-17-14-11-8-5-2/h8,11,17,19-20,22-23,25-27,29-30,62H,4-7,9-10,12-16,18,21,24,28,31-61H2,1-3H3/b11-8-,19-17-,22-20-,25-23-,27-26-,30-29-. The monoisotopic (exact) mass is 991 g/mol. The van der Waals surface area contributed by atoms with Crippen LogP contribution in [-0.2, 0) is 28.6 Å². The first kappa shape index (κ1) is 67.8. The van der Waals surface area contributed by atoms with Gasteiger partial charge in [0, 0.05) is 19.3 Å². The van der Waals surface area contributed by atoms with Crippen LogP contribution in [0.3, 0.4) is 0 Å². The van der Waals surface area contributed by atoms with Crippen molar-refractivity contribution < 1.29 is 28.6 Å². The molecular formula is C65H114O6. The van der Waals surface area contributed by atoms with Crippen LogP contribution in [0, 0.1) is 0 Å². The smallest absolute Gasteiger partial charge is 0.306 e. The van der Waals surface area contributed by atoms with Crippen LogP contribution in [0.2, 0.25) is 0 Å². The average molecular weight is 992 g/mol. The van der Waals surface area contributed by atoms with Gasteiger partial charge in [0.2, 0.25) is 0 Å². The van der Waals surface area contributed by atoms with E-state index in [9.17, 15) is 14.4 Å². The maximum atomic E-state index is 12.8. The predicted molar refractivity (Wildman–Crippen MR) is 307 cm³/mol. The summed E-state index contributed by atoms with van der Waals surface area (Å²) < 4.78 is 16.8. The molecule has 6 heteroatoms. The van der Waals surface area contributed by atoms with Crippen molar-refractivity contribution >= 4 is 17.9 Å². The van der Waals surface area contributed by atoms with E-state index in [4.69, 9.17) is 14.2 Å². The van der Waals surface area contributed by atoms with Gasteiger partial charge in [-0.05, 0) is 89.9 Å². The second-order valence-electron chi connectivity index (χ2n) is 20.2. The van der Waals surface area contributed by atoms with Gasteiger partial charge in [-0.25, -0.2) is 0 Å². The molecule has 6 nitrogen and oxygen atoms in total. The number of esters is 3. The minimum atomic E-state index is -0.777. The molecule has 0 saturated heterocycles. The van der Waals surface area contributed by atoms with Gasteiger partial charge in [-0.3, -0.25) is 14.4 Å². The molecule has 0 aliphatic heterocycles. The Hall–Kier alpha value is -3.15. The van der Waals surface area contributed by atoms with Crippen LogP contribution in [0.1, 0.15) is 303 Å². The van der Waals surface area contributed by atoms with E-state index in [1.54, 1.807) is 0 Å². The molecule has 0 spiro atoms. The summed E-state index contributed by atoms with van der Waals surface area (Å²) in [6, 6.07) is 0. The normalized spacial score (nSPS) is 12.5. The largest absolute Gasteiger partial charge is 0.462 e. The topological polar surface area (TPSA) is 78.9 Å². The van der Waals surface area contributed by atoms with Gasteiger partial charge in [0.25, 0.3) is 0 Å². The van der Waals surface area contributed by atoms with E-state index in [0.717, 1.165) is 96.3 Å². The van der Waals surface area contributed by atoms with Crippen molar-refractivity contribution in [2.75, 3.05) is 13.2 Å². The van der Waals surface area contributed by atoms with Crippen molar-refractivity contribution in [3.05, 3.63) is 72.9 Å². The third kappa shape index (κ3) is 57.6. The molecule has 0 aliphatic rings. The van der Waals surface area contributed by atoms with Gasteiger partial charge < -0.3 is 14.2 Å². The van der Waals surface area contributed by atoms with Gasteiger partial charge in [-0.2, -0.15) is 0 Å². The Kier molecular flexibility index (Phi) is 56.8. The molecule has 0 aromatic heterocycles. The fourth-order valence-electron chi connectivity index (χ4n) is 8.64. The number of hydrogen-bond acceptors (Lipinski definition) is 6. The number of ether oxygens (including phenoxy) is 3. The highest BCUT2D eigenvalue weighted by atomic mass is 16.6. The number of hydrogen-bond donors (Lipinski definition) is 0. The fraction of sp³-hybridized carbons (Fsp3) is 0.769. The van der Waals surface area contributed by atoms with E-state index in [1.165, 1.54) is 167 Å². The van der Waals surface area contributed by atoms with Crippen LogP contribution in [0.15, 0.2) is 72.9 Å². The Morgan fingerprint density at radius 2 is 0.549 bits per heavy atom. The lowest BCUT2D eigenvalue weighted by molar-refractivity contribution is -0.167. The minimum Gasteiger partial charge on any atom is -0.462 e. The van der Waals surface area contributed by atoms with Crippen LogP contribution in [0.4, 0.5) is 0 Å². The predicted octanol–water partition coefficient (Wildman–Crippen LogP) is 20.5. The lowest BCUT2D eigenvalue weighted by Gasteiger charge is -2.18. The summed E-state index contributed by atoms with van der Waals surface area (Å²) >= 11 is 0. The molecule has 0 aliphatic carbocycles. The molecular weight excluding hydrogens is 877 g/mol.